The molecule has 9 atom stereocenters. The number of aliphatic hydroxyl groups is 6. The normalized spacial score (nSPS) is 29.5. The van der Waals surface area contributed by atoms with Gasteiger partial charge in [0.15, 0.2) is 18.1 Å². The van der Waals surface area contributed by atoms with Crippen LogP contribution in [0.5, 0.6) is 0 Å². The van der Waals surface area contributed by atoms with Crippen molar-refractivity contribution in [1.29, 1.82) is 0 Å². The van der Waals surface area contributed by atoms with Crippen LogP contribution >= 0.6 is 0 Å². The fourth-order valence-corrected chi connectivity index (χ4v) is 4.12. The minimum absolute atomic E-state index is 0.0500. The number of amides is 3. The molecule has 1 aromatic heterocycles. The summed E-state index contributed by atoms with van der Waals surface area (Å²) in [5.74, 6) is -2.93. The summed E-state index contributed by atoms with van der Waals surface area (Å²) in [6.45, 7) is -0.674. The van der Waals surface area contributed by atoms with Gasteiger partial charge in [0.05, 0.1) is 19.2 Å². The second-order valence-corrected chi connectivity index (χ2v) is 9.15. The summed E-state index contributed by atoms with van der Waals surface area (Å²) >= 11 is 0. The van der Waals surface area contributed by atoms with Crippen LogP contribution < -0.4 is 27.4 Å². The molecule has 0 unspecified atom stereocenters. The molecule has 1 aromatic rings. The van der Waals surface area contributed by atoms with Gasteiger partial charge >= 0.3 is 5.69 Å². The molecular weight excluding hydrogens is 540 g/mol. The second-order valence-electron chi connectivity index (χ2n) is 9.15. The number of nitrogens with two attached hydrogens (primary N) is 1. The van der Waals surface area contributed by atoms with E-state index in [0.29, 0.717) is 0 Å². The number of hydrogen-bond acceptors (Lipinski definition) is 14. The number of anilines is 1. The molecule has 0 saturated carbocycles. The van der Waals surface area contributed by atoms with Crippen LogP contribution in [0.4, 0.5) is 5.82 Å². The highest BCUT2D eigenvalue weighted by atomic mass is 16.6. The van der Waals surface area contributed by atoms with Crippen LogP contribution in [-0.4, -0.2) is 126 Å². The minimum atomic E-state index is -1.81. The molecule has 11 N–H and O–H groups in total. The van der Waals surface area contributed by atoms with Crippen LogP contribution in [0.2, 0.25) is 0 Å². The topological polar surface area (TPSA) is 288 Å². The Morgan fingerprint density at radius 1 is 1.18 bits per heavy atom. The third-order valence-corrected chi connectivity index (χ3v) is 6.19. The lowest BCUT2D eigenvalue weighted by atomic mass is 9.93. The zero-order valence-electron chi connectivity index (χ0n) is 21.2. The van der Waals surface area contributed by atoms with Gasteiger partial charge in [0.2, 0.25) is 11.8 Å². The maximum absolute atomic E-state index is 12.6. The van der Waals surface area contributed by atoms with E-state index in [1.807, 2.05) is 0 Å². The zero-order valence-corrected chi connectivity index (χ0v) is 21.2. The Morgan fingerprint density at radius 2 is 1.88 bits per heavy atom. The van der Waals surface area contributed by atoms with Gasteiger partial charge in [-0.3, -0.25) is 19.0 Å². The maximum Gasteiger partial charge on any atom is 0.351 e. The van der Waals surface area contributed by atoms with Crippen molar-refractivity contribution in [1.82, 2.24) is 25.5 Å². The molecule has 0 bridgehead atoms. The standard InChI is InChI=1S/C22H32N6O12/c1-8(30)26-15-9(31)4-11(39-19(15)16(34)10(32)7-29)20(37)25-6-14(33)24-5-12-17(35)18(36)21(40-12)28-3-2-13(23)27-22(28)38/h2-4,9-10,12,15-19,21,29,31-32,34-36H,5-7H2,1H3,(H,24,33)(H,25,37)(H,26,30)(H2,23,27,38)/t9-,10+,12+,15+,16+,17+,18+,19+,21+/m0/s1. The molecule has 3 heterocycles. The molecule has 18 heteroatoms. The number of rotatable bonds is 10. The highest BCUT2D eigenvalue weighted by Gasteiger charge is 2.45. The van der Waals surface area contributed by atoms with Crippen molar-refractivity contribution >= 4 is 23.5 Å². The van der Waals surface area contributed by atoms with E-state index in [1.165, 1.54) is 12.3 Å². The van der Waals surface area contributed by atoms with E-state index in [-0.39, 0.29) is 12.4 Å². The summed E-state index contributed by atoms with van der Waals surface area (Å²) in [5.41, 5.74) is 4.62. The Morgan fingerprint density at radius 3 is 2.50 bits per heavy atom. The molecule has 2 aliphatic rings. The smallest absolute Gasteiger partial charge is 0.351 e. The third-order valence-electron chi connectivity index (χ3n) is 6.19. The molecule has 0 aliphatic carbocycles. The van der Waals surface area contributed by atoms with Crippen molar-refractivity contribution in [3.8, 4) is 0 Å². The predicted octanol–water partition coefficient (Wildman–Crippen LogP) is -6.46. The summed E-state index contributed by atoms with van der Waals surface area (Å²) in [6.07, 6.45) is -9.89. The average Bonchev–Trinajstić information content (AvgIpc) is 3.18. The van der Waals surface area contributed by atoms with Crippen molar-refractivity contribution in [2.24, 2.45) is 0 Å². The van der Waals surface area contributed by atoms with Crippen LogP contribution in [0, 0.1) is 0 Å². The van der Waals surface area contributed by atoms with Gasteiger partial charge in [-0.25, -0.2) is 4.79 Å². The van der Waals surface area contributed by atoms with Gasteiger partial charge in [0, 0.05) is 19.7 Å². The number of nitrogens with one attached hydrogen (secondary N) is 3. The Kier molecular flexibility index (Phi) is 10.1. The number of carbonyl (C=O) groups excluding carboxylic acids is 3. The van der Waals surface area contributed by atoms with Crippen molar-refractivity contribution in [3.05, 3.63) is 34.6 Å². The van der Waals surface area contributed by atoms with Crippen LogP contribution in [0.1, 0.15) is 13.2 Å². The van der Waals surface area contributed by atoms with Crippen molar-refractivity contribution < 1.29 is 54.5 Å². The fraction of sp³-hybridized carbons (Fsp3) is 0.591. The summed E-state index contributed by atoms with van der Waals surface area (Å²) in [7, 11) is 0. The van der Waals surface area contributed by atoms with E-state index < -0.39 is 97.3 Å². The number of hydrogen-bond donors (Lipinski definition) is 10. The third kappa shape index (κ3) is 7.10. The molecule has 3 amide bonds. The van der Waals surface area contributed by atoms with Crippen LogP contribution in [0.15, 0.2) is 28.9 Å². The first-order chi connectivity index (χ1) is 18.8. The lowest BCUT2D eigenvalue weighted by Crippen LogP contribution is -2.60. The summed E-state index contributed by atoms with van der Waals surface area (Å²) in [6, 6.07) is 0.0227. The lowest BCUT2D eigenvalue weighted by Gasteiger charge is -2.38. The quantitative estimate of drug-likeness (QED) is 0.125. The minimum Gasteiger partial charge on any atom is -0.480 e. The van der Waals surface area contributed by atoms with Gasteiger partial charge in [-0.1, -0.05) is 0 Å². The van der Waals surface area contributed by atoms with E-state index >= 15 is 0 Å². The number of carbonyl (C=O) groups is 3. The molecule has 0 aromatic carbocycles. The largest absolute Gasteiger partial charge is 0.480 e. The van der Waals surface area contributed by atoms with Crippen molar-refractivity contribution in [2.75, 3.05) is 25.4 Å². The SMILES string of the molecule is CC(=O)N[C@H]1[C@H]([C@H](O)[C@H](O)CO)OC(C(=O)NCC(=O)NC[C@H]2O[C@@H](n3ccc(N)nc3=O)[C@H](O)[C@@H]2O)=C[C@@H]1O. The summed E-state index contributed by atoms with van der Waals surface area (Å²) < 4.78 is 11.8. The van der Waals surface area contributed by atoms with Gasteiger partial charge in [-0.15, -0.1) is 0 Å². The summed E-state index contributed by atoms with van der Waals surface area (Å²) in [5, 5.41) is 67.1. The first-order valence-corrected chi connectivity index (χ1v) is 12.1. The Hall–Kier alpha value is -3.65. The molecule has 1 fully saturated rings. The maximum atomic E-state index is 12.6. The van der Waals surface area contributed by atoms with Crippen LogP contribution in [0.3, 0.4) is 0 Å². The molecule has 3 rings (SSSR count). The molecule has 1 saturated heterocycles. The van der Waals surface area contributed by atoms with Crippen molar-refractivity contribution in [3.63, 3.8) is 0 Å². The van der Waals surface area contributed by atoms with Gasteiger partial charge < -0.3 is 61.8 Å². The molecule has 2 aliphatic heterocycles. The molecule has 0 spiro atoms. The molecule has 222 valence electrons. The monoisotopic (exact) mass is 572 g/mol. The predicted molar refractivity (Wildman–Crippen MR) is 131 cm³/mol. The lowest BCUT2D eigenvalue weighted by molar-refractivity contribution is -0.140. The van der Waals surface area contributed by atoms with Crippen LogP contribution in [0.25, 0.3) is 0 Å². The molecule has 18 nitrogen and oxygen atoms in total. The van der Waals surface area contributed by atoms with Gasteiger partial charge in [-0.2, -0.15) is 4.98 Å². The number of aromatic nitrogens is 2. The Labute approximate surface area is 226 Å². The van der Waals surface area contributed by atoms with E-state index in [2.05, 4.69) is 20.9 Å². The van der Waals surface area contributed by atoms with E-state index in [9.17, 15) is 44.7 Å². The Bertz CT molecular complexity index is 1180. The van der Waals surface area contributed by atoms with Crippen molar-refractivity contribution in [2.45, 2.75) is 61.9 Å². The van der Waals surface area contributed by atoms with Crippen LogP contribution in [-0.2, 0) is 23.9 Å². The average molecular weight is 573 g/mol. The Balaban J connectivity index is 1.56. The number of nitrogens with zero attached hydrogens (tertiary/aromatic N) is 2. The fourth-order valence-electron chi connectivity index (χ4n) is 4.12. The number of ether oxygens (including phenoxy) is 2. The summed E-state index contributed by atoms with van der Waals surface area (Å²) in [4.78, 5) is 51.9. The van der Waals surface area contributed by atoms with Gasteiger partial charge in [0.1, 0.15) is 42.4 Å². The highest BCUT2D eigenvalue weighted by Crippen LogP contribution is 2.28. The highest BCUT2D eigenvalue weighted by molar-refractivity contribution is 5.94. The second kappa shape index (κ2) is 13.1. The van der Waals surface area contributed by atoms with E-state index in [4.69, 9.17) is 20.3 Å². The van der Waals surface area contributed by atoms with E-state index in [1.54, 1.807) is 0 Å². The van der Waals surface area contributed by atoms with Gasteiger partial charge in [0.25, 0.3) is 5.91 Å². The van der Waals surface area contributed by atoms with Gasteiger partial charge in [-0.05, 0) is 12.1 Å². The molecule has 0 radical (unpaired) electrons. The first-order valence-electron chi connectivity index (χ1n) is 12.1. The zero-order chi connectivity index (χ0) is 29.7. The first kappa shape index (κ1) is 30.9. The molecule has 40 heavy (non-hydrogen) atoms. The number of nitrogen functional groups attached to an aromatic ring is 1. The molecular formula is C22H32N6O12. The van der Waals surface area contributed by atoms with E-state index in [0.717, 1.165) is 17.6 Å². The number of aliphatic hydroxyl groups excluding tert-OH is 6.